The molecule has 0 aliphatic heterocycles. The Labute approximate surface area is 114 Å². The van der Waals surface area contributed by atoms with Crippen molar-refractivity contribution in [2.24, 2.45) is 0 Å². The van der Waals surface area contributed by atoms with Gasteiger partial charge in [0.15, 0.2) is 0 Å². The summed E-state index contributed by atoms with van der Waals surface area (Å²) in [6.07, 6.45) is 3.48. The lowest BCUT2D eigenvalue weighted by atomic mass is 10.1. The van der Waals surface area contributed by atoms with E-state index in [0.717, 1.165) is 30.6 Å². The van der Waals surface area contributed by atoms with Gasteiger partial charge < -0.3 is 10.1 Å². The maximum absolute atomic E-state index is 11.6. The quantitative estimate of drug-likeness (QED) is 0.730. The van der Waals surface area contributed by atoms with E-state index in [9.17, 15) is 4.79 Å². The van der Waals surface area contributed by atoms with E-state index >= 15 is 0 Å². The predicted octanol–water partition coefficient (Wildman–Crippen LogP) is 2.44. The maximum atomic E-state index is 11.6. The molecule has 1 aromatic rings. The molecular formula is C15H20N2O2. The molecule has 0 radical (unpaired) electrons. The fourth-order valence-electron chi connectivity index (χ4n) is 1.70. The number of carbonyl (C=O) groups is 1. The van der Waals surface area contributed by atoms with Crippen molar-refractivity contribution in [3.8, 4) is 11.8 Å². The first-order valence-electron chi connectivity index (χ1n) is 6.53. The van der Waals surface area contributed by atoms with Crippen LogP contribution >= 0.6 is 0 Å². The zero-order valence-corrected chi connectivity index (χ0v) is 11.3. The van der Waals surface area contributed by atoms with Crippen molar-refractivity contribution in [3.63, 3.8) is 0 Å². The average Bonchev–Trinajstić information content (AvgIpc) is 2.45. The van der Waals surface area contributed by atoms with Crippen LogP contribution in [0.3, 0.4) is 0 Å². The standard InChI is InChI=1S/C15H20N2O2/c1-19-14-8-5-13(6-9-14)7-10-15(18)17-12-4-2-3-11-16/h5-6,8-9H,2-4,7,10,12H2,1H3,(H,17,18). The van der Waals surface area contributed by atoms with E-state index < -0.39 is 0 Å². The van der Waals surface area contributed by atoms with Crippen LogP contribution in [0.1, 0.15) is 31.2 Å². The summed E-state index contributed by atoms with van der Waals surface area (Å²) in [5, 5.41) is 11.2. The number of nitriles is 1. The molecule has 0 aliphatic rings. The van der Waals surface area contributed by atoms with Gasteiger partial charge in [0.2, 0.25) is 5.91 Å². The van der Waals surface area contributed by atoms with Crippen LogP contribution in [0.25, 0.3) is 0 Å². The van der Waals surface area contributed by atoms with Gasteiger partial charge in [-0.2, -0.15) is 5.26 Å². The molecule has 19 heavy (non-hydrogen) atoms. The van der Waals surface area contributed by atoms with Gasteiger partial charge in [-0.3, -0.25) is 4.79 Å². The minimum atomic E-state index is 0.0628. The van der Waals surface area contributed by atoms with Crippen LogP contribution < -0.4 is 10.1 Å². The fourth-order valence-corrected chi connectivity index (χ4v) is 1.70. The number of amides is 1. The second-order valence-corrected chi connectivity index (χ2v) is 4.31. The summed E-state index contributed by atoms with van der Waals surface area (Å²) in [6.45, 7) is 0.656. The van der Waals surface area contributed by atoms with Gasteiger partial charge in [-0.15, -0.1) is 0 Å². The molecule has 1 rings (SSSR count). The molecule has 0 aromatic heterocycles. The zero-order chi connectivity index (χ0) is 13.9. The third kappa shape index (κ3) is 6.46. The van der Waals surface area contributed by atoms with Crippen molar-refractivity contribution in [3.05, 3.63) is 29.8 Å². The van der Waals surface area contributed by atoms with E-state index in [2.05, 4.69) is 11.4 Å². The van der Waals surface area contributed by atoms with Gasteiger partial charge in [0.05, 0.1) is 13.2 Å². The Hall–Kier alpha value is -2.02. The molecule has 1 aromatic carbocycles. The van der Waals surface area contributed by atoms with E-state index in [-0.39, 0.29) is 5.91 Å². The number of hydrogen-bond donors (Lipinski definition) is 1. The number of unbranched alkanes of at least 4 members (excludes halogenated alkanes) is 2. The van der Waals surface area contributed by atoms with Crippen LogP contribution in [0.4, 0.5) is 0 Å². The number of benzene rings is 1. The lowest BCUT2D eigenvalue weighted by Gasteiger charge is -2.05. The Morgan fingerprint density at radius 1 is 1.32 bits per heavy atom. The van der Waals surface area contributed by atoms with Gasteiger partial charge in [0.1, 0.15) is 5.75 Å². The molecule has 0 aliphatic carbocycles. The van der Waals surface area contributed by atoms with Crippen molar-refractivity contribution < 1.29 is 9.53 Å². The lowest BCUT2D eigenvalue weighted by molar-refractivity contribution is -0.121. The van der Waals surface area contributed by atoms with Crippen molar-refractivity contribution in [2.45, 2.75) is 32.1 Å². The van der Waals surface area contributed by atoms with Crippen LogP contribution in [0, 0.1) is 11.3 Å². The molecule has 1 N–H and O–H groups in total. The topological polar surface area (TPSA) is 62.1 Å². The minimum Gasteiger partial charge on any atom is -0.497 e. The summed E-state index contributed by atoms with van der Waals surface area (Å²) in [7, 11) is 1.63. The number of methoxy groups -OCH3 is 1. The van der Waals surface area contributed by atoms with Crippen LogP contribution in [0.2, 0.25) is 0 Å². The summed E-state index contributed by atoms with van der Waals surface area (Å²) >= 11 is 0. The first kappa shape index (κ1) is 15.0. The first-order valence-corrected chi connectivity index (χ1v) is 6.53. The third-order valence-corrected chi connectivity index (χ3v) is 2.84. The summed E-state index contributed by atoms with van der Waals surface area (Å²) in [5.74, 6) is 0.887. The van der Waals surface area contributed by atoms with Gasteiger partial charge in [-0.1, -0.05) is 12.1 Å². The summed E-state index contributed by atoms with van der Waals surface area (Å²) in [5.41, 5.74) is 1.13. The maximum Gasteiger partial charge on any atom is 0.220 e. The zero-order valence-electron chi connectivity index (χ0n) is 11.3. The molecule has 0 heterocycles. The van der Waals surface area contributed by atoms with Gasteiger partial charge >= 0.3 is 0 Å². The van der Waals surface area contributed by atoms with Crippen molar-refractivity contribution >= 4 is 5.91 Å². The summed E-state index contributed by atoms with van der Waals surface area (Å²) in [6, 6.07) is 9.83. The number of carbonyl (C=O) groups excluding carboxylic acids is 1. The molecule has 0 fully saturated rings. The van der Waals surface area contributed by atoms with E-state index in [0.29, 0.717) is 19.4 Å². The van der Waals surface area contributed by atoms with Crippen molar-refractivity contribution in [1.29, 1.82) is 5.26 Å². The SMILES string of the molecule is COc1ccc(CCC(=O)NCCCCC#N)cc1. The van der Waals surface area contributed by atoms with E-state index in [1.165, 1.54) is 0 Å². The second-order valence-electron chi connectivity index (χ2n) is 4.31. The number of ether oxygens (including phenoxy) is 1. The molecule has 0 atom stereocenters. The smallest absolute Gasteiger partial charge is 0.220 e. The van der Waals surface area contributed by atoms with Crippen LogP contribution in [-0.4, -0.2) is 19.6 Å². The predicted molar refractivity (Wildman–Crippen MR) is 73.8 cm³/mol. The number of rotatable bonds is 8. The first-order chi connectivity index (χ1) is 9.26. The average molecular weight is 260 g/mol. The highest BCUT2D eigenvalue weighted by atomic mass is 16.5. The van der Waals surface area contributed by atoms with E-state index in [1.807, 2.05) is 24.3 Å². The molecule has 0 saturated heterocycles. The number of nitrogens with zero attached hydrogens (tertiary/aromatic N) is 1. The monoisotopic (exact) mass is 260 g/mol. The van der Waals surface area contributed by atoms with E-state index in [4.69, 9.17) is 10.00 Å². The molecule has 0 bridgehead atoms. The highest BCUT2D eigenvalue weighted by molar-refractivity contribution is 5.76. The second kappa shape index (κ2) is 8.98. The highest BCUT2D eigenvalue weighted by Crippen LogP contribution is 2.12. The van der Waals surface area contributed by atoms with Gasteiger partial charge in [-0.25, -0.2) is 0 Å². The van der Waals surface area contributed by atoms with Crippen molar-refractivity contribution in [1.82, 2.24) is 5.32 Å². The summed E-state index contributed by atoms with van der Waals surface area (Å²) < 4.78 is 5.08. The molecule has 102 valence electrons. The van der Waals surface area contributed by atoms with Crippen molar-refractivity contribution in [2.75, 3.05) is 13.7 Å². The van der Waals surface area contributed by atoms with Crippen LogP contribution in [0.15, 0.2) is 24.3 Å². The minimum absolute atomic E-state index is 0.0628. The molecule has 0 spiro atoms. The number of hydrogen-bond acceptors (Lipinski definition) is 3. The molecule has 4 nitrogen and oxygen atoms in total. The largest absolute Gasteiger partial charge is 0.497 e. The third-order valence-electron chi connectivity index (χ3n) is 2.84. The van der Waals surface area contributed by atoms with Gasteiger partial charge in [0, 0.05) is 19.4 Å². The van der Waals surface area contributed by atoms with Crippen LogP contribution in [-0.2, 0) is 11.2 Å². The number of nitrogens with one attached hydrogen (secondary N) is 1. The number of aryl methyl sites for hydroxylation is 1. The Balaban J connectivity index is 2.17. The normalized spacial score (nSPS) is 9.68. The Kier molecular flexibility index (Phi) is 7.11. The van der Waals surface area contributed by atoms with Gasteiger partial charge in [-0.05, 0) is 37.0 Å². The molecular weight excluding hydrogens is 240 g/mol. The fraction of sp³-hybridized carbons (Fsp3) is 0.467. The lowest BCUT2D eigenvalue weighted by Crippen LogP contribution is -2.24. The highest BCUT2D eigenvalue weighted by Gasteiger charge is 2.02. The summed E-state index contributed by atoms with van der Waals surface area (Å²) in [4.78, 5) is 11.6. The Morgan fingerprint density at radius 2 is 2.05 bits per heavy atom. The van der Waals surface area contributed by atoms with Gasteiger partial charge in [0.25, 0.3) is 0 Å². The Bertz CT molecular complexity index is 421. The Morgan fingerprint density at radius 3 is 2.68 bits per heavy atom. The van der Waals surface area contributed by atoms with E-state index in [1.54, 1.807) is 7.11 Å². The molecule has 0 saturated carbocycles. The van der Waals surface area contributed by atoms with Crippen LogP contribution in [0.5, 0.6) is 5.75 Å². The molecule has 4 heteroatoms. The molecule has 1 amide bonds. The molecule has 0 unspecified atom stereocenters.